The van der Waals surface area contributed by atoms with E-state index in [-0.39, 0.29) is 17.9 Å². The van der Waals surface area contributed by atoms with E-state index in [0.29, 0.717) is 0 Å². The lowest BCUT2D eigenvalue weighted by Crippen LogP contribution is -2.42. The molecule has 0 unspecified atom stereocenters. The van der Waals surface area contributed by atoms with Crippen molar-refractivity contribution >= 4 is 17.7 Å². The Balaban J connectivity index is 2.35. The van der Waals surface area contributed by atoms with E-state index in [1.54, 1.807) is 5.32 Å². The van der Waals surface area contributed by atoms with Gasteiger partial charge in [0.25, 0.3) is 0 Å². The Kier molecular flexibility index (Phi) is 3.94. The van der Waals surface area contributed by atoms with E-state index < -0.39 is 35.9 Å². The van der Waals surface area contributed by atoms with Crippen LogP contribution in [0, 0.1) is 5.41 Å². The molecule has 0 bridgehead atoms. The van der Waals surface area contributed by atoms with Crippen LogP contribution in [0.2, 0.25) is 0 Å². The van der Waals surface area contributed by atoms with E-state index in [1.165, 1.54) is 12.1 Å². The first kappa shape index (κ1) is 16.0. The second-order valence-corrected chi connectivity index (χ2v) is 4.97. The van der Waals surface area contributed by atoms with E-state index in [2.05, 4.69) is 14.9 Å². The number of halogens is 3. The fraction of sp³-hybridized carbons (Fsp3) is 0.500. The zero-order valence-electron chi connectivity index (χ0n) is 11.5. The number of nitrogens with two attached hydrogens (primary N) is 1. The minimum absolute atomic E-state index is 0.111. The van der Waals surface area contributed by atoms with E-state index in [0.717, 1.165) is 7.11 Å². The van der Waals surface area contributed by atoms with Gasteiger partial charge in [-0.2, -0.15) is 18.3 Å². The largest absolute Gasteiger partial charge is 0.468 e. The van der Waals surface area contributed by atoms with Gasteiger partial charge in [0.2, 0.25) is 5.91 Å². The lowest BCUT2D eigenvalue weighted by atomic mass is 9.80. The summed E-state index contributed by atoms with van der Waals surface area (Å²) < 4.78 is 43.0. The lowest BCUT2D eigenvalue weighted by molar-refractivity contribution is -0.160. The SMILES string of the molecule is COC(=O)[C@]1(Cc2ccc(N)nn2)C[C@@H](C(F)(F)F)NC1=O. The summed E-state index contributed by atoms with van der Waals surface area (Å²) in [6.07, 6.45) is -5.77. The molecule has 0 saturated carbocycles. The molecule has 3 N–H and O–H groups in total. The van der Waals surface area contributed by atoms with Gasteiger partial charge in [-0.05, 0) is 12.1 Å². The highest BCUT2D eigenvalue weighted by molar-refractivity contribution is 6.04. The van der Waals surface area contributed by atoms with Gasteiger partial charge in [-0.25, -0.2) is 0 Å². The third kappa shape index (κ3) is 2.81. The Hall–Kier alpha value is -2.39. The van der Waals surface area contributed by atoms with Crippen LogP contribution in [0.5, 0.6) is 0 Å². The predicted octanol–water partition coefficient (Wildman–Crippen LogP) is 0.211. The number of amides is 1. The normalized spacial score (nSPS) is 24.9. The number of hydrogen-bond acceptors (Lipinski definition) is 6. The molecule has 1 aliphatic heterocycles. The minimum atomic E-state index is -4.65. The molecule has 7 nitrogen and oxygen atoms in total. The smallest absolute Gasteiger partial charge is 0.408 e. The molecule has 1 aliphatic rings. The molecule has 1 amide bonds. The van der Waals surface area contributed by atoms with Gasteiger partial charge in [-0.1, -0.05) is 0 Å². The van der Waals surface area contributed by atoms with Crippen molar-refractivity contribution in [3.63, 3.8) is 0 Å². The number of nitrogens with zero attached hydrogens (tertiary/aromatic N) is 2. The highest BCUT2D eigenvalue weighted by atomic mass is 19.4. The number of aromatic nitrogens is 2. The molecule has 2 atom stereocenters. The van der Waals surface area contributed by atoms with E-state index in [4.69, 9.17) is 5.73 Å². The second kappa shape index (κ2) is 5.43. The van der Waals surface area contributed by atoms with Crippen molar-refractivity contribution in [1.29, 1.82) is 0 Å². The molecule has 120 valence electrons. The molecule has 1 saturated heterocycles. The van der Waals surface area contributed by atoms with Gasteiger partial charge >= 0.3 is 12.1 Å². The van der Waals surface area contributed by atoms with Crippen LogP contribution in [-0.4, -0.2) is 41.4 Å². The van der Waals surface area contributed by atoms with E-state index >= 15 is 0 Å². The first-order valence-electron chi connectivity index (χ1n) is 6.23. The molecule has 1 aromatic rings. The molecule has 2 rings (SSSR count). The van der Waals surface area contributed by atoms with Gasteiger partial charge in [0, 0.05) is 12.8 Å². The van der Waals surface area contributed by atoms with Crippen molar-refractivity contribution in [3.05, 3.63) is 17.8 Å². The summed E-state index contributed by atoms with van der Waals surface area (Å²) in [6.45, 7) is 0. The van der Waals surface area contributed by atoms with Crippen LogP contribution in [-0.2, 0) is 20.7 Å². The van der Waals surface area contributed by atoms with Gasteiger partial charge in [-0.15, -0.1) is 5.10 Å². The molecule has 0 aromatic carbocycles. The Morgan fingerprint density at radius 1 is 1.50 bits per heavy atom. The Bertz CT molecular complexity index is 590. The summed E-state index contributed by atoms with van der Waals surface area (Å²) in [6, 6.07) is 0.656. The molecule has 10 heteroatoms. The van der Waals surface area contributed by atoms with Crippen molar-refractivity contribution in [3.8, 4) is 0 Å². The van der Waals surface area contributed by atoms with Crippen LogP contribution in [0.4, 0.5) is 19.0 Å². The number of rotatable bonds is 3. The Morgan fingerprint density at radius 2 is 2.18 bits per heavy atom. The predicted molar refractivity (Wildman–Crippen MR) is 67.2 cm³/mol. The topological polar surface area (TPSA) is 107 Å². The quantitative estimate of drug-likeness (QED) is 0.609. The first-order chi connectivity index (χ1) is 10.2. The van der Waals surface area contributed by atoms with Crippen LogP contribution in [0.25, 0.3) is 0 Å². The standard InChI is InChI=1S/C12H13F3N4O3/c1-22-10(21)11(4-6-2-3-8(16)19-18-6)5-7(12(13,14)15)17-9(11)20/h2-3,7H,4-5H2,1H3,(H2,16,19)(H,17,20)/t7-,11+/m0/s1. The Morgan fingerprint density at radius 3 is 2.64 bits per heavy atom. The molecule has 0 aliphatic carbocycles. The van der Waals surface area contributed by atoms with Gasteiger partial charge in [0.05, 0.1) is 12.8 Å². The number of anilines is 1. The third-order valence-corrected chi connectivity index (χ3v) is 3.49. The number of ether oxygens (including phenoxy) is 1. The first-order valence-corrected chi connectivity index (χ1v) is 6.23. The van der Waals surface area contributed by atoms with Crippen molar-refractivity contribution < 1.29 is 27.5 Å². The van der Waals surface area contributed by atoms with Crippen LogP contribution in [0.1, 0.15) is 12.1 Å². The van der Waals surface area contributed by atoms with Gasteiger partial charge in [0.1, 0.15) is 11.9 Å². The van der Waals surface area contributed by atoms with Crippen molar-refractivity contribution in [1.82, 2.24) is 15.5 Å². The average Bonchev–Trinajstić information content (AvgIpc) is 2.79. The molecule has 0 spiro atoms. The molecular weight excluding hydrogens is 305 g/mol. The third-order valence-electron chi connectivity index (χ3n) is 3.49. The average molecular weight is 318 g/mol. The summed E-state index contributed by atoms with van der Waals surface area (Å²) in [5.74, 6) is -1.98. The number of alkyl halides is 3. The summed E-state index contributed by atoms with van der Waals surface area (Å²) in [7, 11) is 1.01. The summed E-state index contributed by atoms with van der Waals surface area (Å²) in [5.41, 5.74) is 3.54. The summed E-state index contributed by atoms with van der Waals surface area (Å²) >= 11 is 0. The molecular formula is C12H13F3N4O3. The van der Waals surface area contributed by atoms with Crippen molar-refractivity contribution in [2.75, 3.05) is 12.8 Å². The van der Waals surface area contributed by atoms with Gasteiger partial charge in [0.15, 0.2) is 5.41 Å². The fourth-order valence-electron chi connectivity index (χ4n) is 2.36. The van der Waals surface area contributed by atoms with Crippen LogP contribution in [0.3, 0.4) is 0 Å². The zero-order chi connectivity index (χ0) is 16.5. The highest BCUT2D eigenvalue weighted by Gasteiger charge is 2.60. The number of carbonyl (C=O) groups excluding carboxylic acids is 2. The number of methoxy groups -OCH3 is 1. The molecule has 1 fully saturated rings. The second-order valence-electron chi connectivity index (χ2n) is 4.97. The van der Waals surface area contributed by atoms with Crippen LogP contribution >= 0.6 is 0 Å². The maximum atomic E-state index is 12.8. The number of hydrogen-bond donors (Lipinski definition) is 2. The fourth-order valence-corrected chi connectivity index (χ4v) is 2.36. The number of nitrogen functional groups attached to an aromatic ring is 1. The van der Waals surface area contributed by atoms with Gasteiger partial charge in [-0.3, -0.25) is 9.59 Å². The molecule has 1 aromatic heterocycles. The summed E-state index contributed by atoms with van der Waals surface area (Å²) in [4.78, 5) is 24.0. The lowest BCUT2D eigenvalue weighted by Gasteiger charge is -2.22. The molecule has 22 heavy (non-hydrogen) atoms. The number of nitrogens with one attached hydrogen (secondary N) is 1. The van der Waals surface area contributed by atoms with Gasteiger partial charge < -0.3 is 15.8 Å². The highest BCUT2D eigenvalue weighted by Crippen LogP contribution is 2.40. The van der Waals surface area contributed by atoms with Crippen molar-refractivity contribution in [2.45, 2.75) is 25.1 Å². The molecule has 0 radical (unpaired) electrons. The monoisotopic (exact) mass is 318 g/mol. The van der Waals surface area contributed by atoms with Crippen molar-refractivity contribution in [2.24, 2.45) is 5.41 Å². The number of carbonyl (C=O) groups is 2. The number of esters is 1. The molecule has 2 heterocycles. The van der Waals surface area contributed by atoms with Crippen LogP contribution in [0.15, 0.2) is 12.1 Å². The Labute approximate surface area is 123 Å². The summed E-state index contributed by atoms with van der Waals surface area (Å²) in [5, 5.41) is 9.03. The zero-order valence-corrected chi connectivity index (χ0v) is 11.5. The van der Waals surface area contributed by atoms with Crippen LogP contribution < -0.4 is 11.1 Å². The maximum absolute atomic E-state index is 12.8. The minimum Gasteiger partial charge on any atom is -0.468 e. The van der Waals surface area contributed by atoms with E-state index in [1.807, 2.05) is 0 Å². The maximum Gasteiger partial charge on any atom is 0.408 e. The van der Waals surface area contributed by atoms with E-state index in [9.17, 15) is 22.8 Å².